The molecule has 0 aliphatic rings. The van der Waals surface area contributed by atoms with Crippen LogP contribution in [0.5, 0.6) is 5.75 Å². The lowest BCUT2D eigenvalue weighted by Gasteiger charge is -2.14. The van der Waals surface area contributed by atoms with Crippen LogP contribution in [0.1, 0.15) is 0 Å². The molecule has 0 radical (unpaired) electrons. The van der Waals surface area contributed by atoms with Crippen molar-refractivity contribution in [2.24, 2.45) is 0 Å². The molecule has 0 saturated heterocycles. The number of pyridine rings is 1. The van der Waals surface area contributed by atoms with E-state index in [1.165, 1.54) is 23.7 Å². The van der Waals surface area contributed by atoms with Crippen LogP contribution in [0.4, 0.5) is 24.7 Å². The number of nitrogens with zero attached hydrogens (tertiary/aromatic N) is 3. The van der Waals surface area contributed by atoms with Crippen molar-refractivity contribution in [3.63, 3.8) is 0 Å². The number of hydrogen-bond donors (Lipinski definition) is 2. The van der Waals surface area contributed by atoms with Gasteiger partial charge in [-0.05, 0) is 42.5 Å². The molecule has 2 N–H and O–H groups in total. The number of fused-ring (bicyclic) bond motifs is 1. The summed E-state index contributed by atoms with van der Waals surface area (Å²) in [6, 6.07) is 14.5. The maximum Gasteiger partial charge on any atom is 0.573 e. The molecule has 2 heterocycles. The SMILES string of the molecule is CNC(=O)COCCn1cccc(Nc2nn(-c3ccc(OC(F)(F)F)cc3)c(=O)c3ccccc23)c1=O. The van der Waals surface area contributed by atoms with Crippen LogP contribution in [-0.2, 0) is 16.1 Å². The number of likely N-dealkylation sites (N-methyl/N-ethyl adjacent to an activating group) is 1. The van der Waals surface area contributed by atoms with E-state index in [-0.39, 0.29) is 48.2 Å². The van der Waals surface area contributed by atoms with E-state index in [0.29, 0.717) is 5.39 Å². The van der Waals surface area contributed by atoms with Crippen LogP contribution in [0.3, 0.4) is 0 Å². The first-order valence-electron chi connectivity index (χ1n) is 11.3. The predicted octanol–water partition coefficient (Wildman–Crippen LogP) is 2.95. The highest BCUT2D eigenvalue weighted by molar-refractivity contribution is 5.92. The van der Waals surface area contributed by atoms with Crippen molar-refractivity contribution in [2.75, 3.05) is 25.6 Å². The molecule has 0 fully saturated rings. The Balaban J connectivity index is 1.66. The van der Waals surface area contributed by atoms with Crippen LogP contribution in [0.25, 0.3) is 16.5 Å². The zero-order valence-electron chi connectivity index (χ0n) is 20.0. The van der Waals surface area contributed by atoms with Crippen LogP contribution in [-0.4, -0.2) is 46.9 Å². The van der Waals surface area contributed by atoms with Crippen molar-refractivity contribution in [1.29, 1.82) is 0 Å². The molecular weight excluding hydrogens is 507 g/mol. The number of halogens is 3. The Morgan fingerprint density at radius 2 is 1.68 bits per heavy atom. The molecule has 0 atom stereocenters. The summed E-state index contributed by atoms with van der Waals surface area (Å²) < 4.78 is 49.1. The Labute approximate surface area is 213 Å². The second kappa shape index (κ2) is 11.2. The second-order valence-corrected chi connectivity index (χ2v) is 7.92. The topological polar surface area (TPSA) is 116 Å². The maximum atomic E-state index is 13.1. The fourth-order valence-electron chi connectivity index (χ4n) is 3.58. The molecule has 0 unspecified atom stereocenters. The van der Waals surface area contributed by atoms with Gasteiger partial charge >= 0.3 is 6.36 Å². The van der Waals surface area contributed by atoms with E-state index in [1.54, 1.807) is 42.6 Å². The molecule has 0 saturated carbocycles. The number of carbonyl (C=O) groups excluding carboxylic acids is 1. The van der Waals surface area contributed by atoms with Crippen molar-refractivity contribution >= 4 is 28.2 Å². The van der Waals surface area contributed by atoms with E-state index in [2.05, 4.69) is 20.5 Å². The molecule has 0 aliphatic carbocycles. The fraction of sp³-hybridized carbons (Fsp3) is 0.200. The average molecular weight is 529 g/mol. The van der Waals surface area contributed by atoms with Gasteiger partial charge < -0.3 is 24.7 Å². The van der Waals surface area contributed by atoms with Gasteiger partial charge in [0, 0.05) is 25.2 Å². The zero-order valence-corrected chi connectivity index (χ0v) is 20.0. The quantitative estimate of drug-likeness (QED) is 0.320. The van der Waals surface area contributed by atoms with Gasteiger partial charge in [0.15, 0.2) is 5.82 Å². The third-order valence-corrected chi connectivity index (χ3v) is 5.38. The van der Waals surface area contributed by atoms with E-state index in [1.807, 2.05) is 0 Å². The van der Waals surface area contributed by atoms with Crippen molar-refractivity contribution in [1.82, 2.24) is 19.7 Å². The molecule has 4 rings (SSSR count). The van der Waals surface area contributed by atoms with Gasteiger partial charge in [-0.25, -0.2) is 0 Å². The third kappa shape index (κ3) is 6.18. The molecule has 1 amide bonds. The maximum absolute atomic E-state index is 13.1. The number of benzene rings is 2. The molecule has 2 aromatic heterocycles. The van der Waals surface area contributed by atoms with Gasteiger partial charge in [-0.1, -0.05) is 18.2 Å². The highest BCUT2D eigenvalue weighted by Crippen LogP contribution is 2.25. The van der Waals surface area contributed by atoms with Gasteiger partial charge in [-0.3, -0.25) is 14.4 Å². The Morgan fingerprint density at radius 3 is 2.37 bits per heavy atom. The first-order chi connectivity index (χ1) is 18.2. The molecule has 0 bridgehead atoms. The summed E-state index contributed by atoms with van der Waals surface area (Å²) >= 11 is 0. The summed E-state index contributed by atoms with van der Waals surface area (Å²) in [6.07, 6.45) is -3.29. The van der Waals surface area contributed by atoms with Gasteiger partial charge in [-0.2, -0.15) is 4.68 Å². The molecule has 38 heavy (non-hydrogen) atoms. The average Bonchev–Trinajstić information content (AvgIpc) is 2.89. The summed E-state index contributed by atoms with van der Waals surface area (Å²) in [5.41, 5.74) is -0.546. The summed E-state index contributed by atoms with van der Waals surface area (Å²) in [7, 11) is 1.49. The molecule has 0 aliphatic heterocycles. The smallest absolute Gasteiger partial charge is 0.406 e. The van der Waals surface area contributed by atoms with Crippen molar-refractivity contribution in [3.8, 4) is 11.4 Å². The van der Waals surface area contributed by atoms with E-state index >= 15 is 0 Å². The van der Waals surface area contributed by atoms with Gasteiger partial charge in [0.05, 0.1) is 17.7 Å². The molecule has 198 valence electrons. The lowest BCUT2D eigenvalue weighted by atomic mass is 10.2. The minimum atomic E-state index is -4.85. The number of alkyl halides is 3. The van der Waals surface area contributed by atoms with Crippen molar-refractivity contribution in [3.05, 3.63) is 87.6 Å². The fourth-order valence-corrected chi connectivity index (χ4v) is 3.58. The molecule has 10 nitrogen and oxygen atoms in total. The van der Waals surface area contributed by atoms with Gasteiger partial charge in [0.25, 0.3) is 11.1 Å². The number of rotatable bonds is 9. The molecular formula is C25H22F3N5O5. The summed E-state index contributed by atoms with van der Waals surface area (Å²) in [6.45, 7) is 0.173. The normalized spacial score (nSPS) is 11.4. The zero-order chi connectivity index (χ0) is 27.3. The standard InChI is InChI=1S/C25H22F3N5O5/c1-29-21(34)15-37-14-13-32-12-4-7-20(24(32)36)30-22-18-5-2-3-6-19(18)23(35)33(31-22)16-8-10-17(11-9-16)38-25(26,27)28/h2-12H,13-15H2,1H3,(H,29,34)(H,30,31). The third-order valence-electron chi connectivity index (χ3n) is 5.38. The van der Waals surface area contributed by atoms with E-state index in [0.717, 1.165) is 16.8 Å². The first kappa shape index (κ1) is 26.4. The molecule has 2 aromatic carbocycles. The van der Waals surface area contributed by atoms with E-state index < -0.39 is 23.2 Å². The van der Waals surface area contributed by atoms with Crippen LogP contribution >= 0.6 is 0 Å². The molecule has 0 spiro atoms. The van der Waals surface area contributed by atoms with Crippen molar-refractivity contribution < 1.29 is 27.4 Å². The van der Waals surface area contributed by atoms with Gasteiger partial charge in [0.1, 0.15) is 18.0 Å². The van der Waals surface area contributed by atoms with Crippen LogP contribution < -0.4 is 26.5 Å². The number of aromatic nitrogens is 3. The Kier molecular flexibility index (Phi) is 7.76. The molecule has 13 heteroatoms. The largest absolute Gasteiger partial charge is 0.573 e. The predicted molar refractivity (Wildman–Crippen MR) is 133 cm³/mol. The number of amides is 1. The second-order valence-electron chi connectivity index (χ2n) is 7.92. The number of ether oxygens (including phenoxy) is 2. The Bertz CT molecular complexity index is 1570. The Hall–Kier alpha value is -4.65. The monoisotopic (exact) mass is 529 g/mol. The van der Waals surface area contributed by atoms with Crippen LogP contribution in [0, 0.1) is 0 Å². The minimum Gasteiger partial charge on any atom is -0.406 e. The van der Waals surface area contributed by atoms with E-state index in [4.69, 9.17) is 4.74 Å². The van der Waals surface area contributed by atoms with Gasteiger partial charge in [-0.15, -0.1) is 18.3 Å². The summed E-state index contributed by atoms with van der Waals surface area (Å²) in [5, 5.41) is 10.5. The lowest BCUT2D eigenvalue weighted by molar-refractivity contribution is -0.274. The number of carbonyl (C=O) groups is 1. The molecule has 4 aromatic rings. The number of nitrogens with one attached hydrogen (secondary N) is 2. The highest BCUT2D eigenvalue weighted by atomic mass is 19.4. The van der Waals surface area contributed by atoms with Crippen LogP contribution in [0.15, 0.2) is 76.4 Å². The number of hydrogen-bond acceptors (Lipinski definition) is 7. The number of anilines is 2. The summed E-state index contributed by atoms with van der Waals surface area (Å²) in [4.78, 5) is 37.5. The van der Waals surface area contributed by atoms with E-state index in [9.17, 15) is 27.6 Å². The minimum absolute atomic E-state index is 0.122. The lowest BCUT2D eigenvalue weighted by Crippen LogP contribution is -2.27. The van der Waals surface area contributed by atoms with Gasteiger partial charge in [0.2, 0.25) is 5.91 Å². The van der Waals surface area contributed by atoms with Crippen molar-refractivity contribution in [2.45, 2.75) is 12.9 Å². The Morgan fingerprint density at radius 1 is 0.974 bits per heavy atom. The first-order valence-corrected chi connectivity index (χ1v) is 11.3. The summed E-state index contributed by atoms with van der Waals surface area (Å²) in [5.74, 6) is -0.553. The van der Waals surface area contributed by atoms with Crippen LogP contribution in [0.2, 0.25) is 0 Å². The highest BCUT2D eigenvalue weighted by Gasteiger charge is 2.31.